The smallest absolute Gasteiger partial charge is 0.211 e. The van der Waals surface area contributed by atoms with Crippen LogP contribution in [0.5, 0.6) is 0 Å². The number of isocyanates is 1. The normalized spacial score (nSPS) is 9.08. The first-order valence-corrected chi connectivity index (χ1v) is 3.61. The summed E-state index contributed by atoms with van der Waals surface area (Å²) in [6.07, 6.45) is 2.10. The Kier molecular flexibility index (Phi) is 3.17. The molecule has 1 rings (SSSR count). The Hall–Kier alpha value is -1.47. The number of aliphatic imine (C=N–C) groups is 1. The highest BCUT2D eigenvalue weighted by atomic mass is 19.1. The van der Waals surface area contributed by atoms with E-state index in [1.807, 2.05) is 0 Å². The highest BCUT2D eigenvalue weighted by Crippen LogP contribution is 2.02. The van der Waals surface area contributed by atoms with Gasteiger partial charge in [0.1, 0.15) is 5.82 Å². The predicted molar refractivity (Wildman–Crippen MR) is 43.1 cm³/mol. The highest BCUT2D eigenvalue weighted by Gasteiger charge is 1.92. The summed E-state index contributed by atoms with van der Waals surface area (Å²) < 4.78 is 12.4. The molecule has 2 nitrogen and oxygen atoms in total. The van der Waals surface area contributed by atoms with Crippen molar-refractivity contribution in [3.63, 3.8) is 0 Å². The van der Waals surface area contributed by atoms with Gasteiger partial charge in [0.2, 0.25) is 6.08 Å². The van der Waals surface area contributed by atoms with E-state index in [0.29, 0.717) is 13.0 Å². The average molecular weight is 165 g/mol. The number of rotatable bonds is 3. The lowest BCUT2D eigenvalue weighted by Gasteiger charge is -1.95. The second-order valence-corrected chi connectivity index (χ2v) is 2.35. The molecule has 1 aromatic rings. The minimum absolute atomic E-state index is 0.252. The fourth-order valence-corrected chi connectivity index (χ4v) is 0.882. The first kappa shape index (κ1) is 8.62. The van der Waals surface area contributed by atoms with Gasteiger partial charge in [0.25, 0.3) is 0 Å². The molecule has 0 atom stereocenters. The molecule has 0 aromatic heterocycles. The molecule has 0 spiro atoms. The standard InChI is InChI=1S/C9H8FNO/c10-9-3-1-8(2-4-9)5-6-11-7-12/h1-4H,5-6H2. The van der Waals surface area contributed by atoms with Gasteiger partial charge in [-0.1, -0.05) is 12.1 Å². The van der Waals surface area contributed by atoms with Gasteiger partial charge in [-0.25, -0.2) is 14.2 Å². The maximum atomic E-state index is 12.4. The Labute approximate surface area is 69.7 Å². The summed E-state index contributed by atoms with van der Waals surface area (Å²) in [7, 11) is 0. The first-order valence-electron chi connectivity index (χ1n) is 3.61. The number of halogens is 1. The summed E-state index contributed by atoms with van der Waals surface area (Å²) in [5, 5.41) is 0. The fourth-order valence-electron chi connectivity index (χ4n) is 0.882. The number of carbonyl (C=O) groups excluding carboxylic acids is 1. The van der Waals surface area contributed by atoms with Crippen LogP contribution in [0.25, 0.3) is 0 Å². The van der Waals surface area contributed by atoms with E-state index in [2.05, 4.69) is 4.99 Å². The molecule has 0 aliphatic heterocycles. The van der Waals surface area contributed by atoms with Crippen LogP contribution in [0.3, 0.4) is 0 Å². The minimum Gasteiger partial charge on any atom is -0.211 e. The molecule has 0 radical (unpaired) electrons. The van der Waals surface area contributed by atoms with Crippen molar-refractivity contribution in [3.8, 4) is 0 Å². The predicted octanol–water partition coefficient (Wildman–Crippen LogP) is 1.70. The van der Waals surface area contributed by atoms with Crippen molar-refractivity contribution in [3.05, 3.63) is 35.6 Å². The van der Waals surface area contributed by atoms with E-state index in [-0.39, 0.29) is 5.82 Å². The van der Waals surface area contributed by atoms with Gasteiger partial charge in [0, 0.05) is 0 Å². The van der Waals surface area contributed by atoms with Crippen molar-refractivity contribution in [2.75, 3.05) is 6.54 Å². The van der Waals surface area contributed by atoms with Crippen LogP contribution in [0, 0.1) is 5.82 Å². The summed E-state index contributed by atoms with van der Waals surface area (Å²) >= 11 is 0. The van der Waals surface area contributed by atoms with E-state index in [0.717, 1.165) is 5.56 Å². The largest absolute Gasteiger partial charge is 0.234 e. The van der Waals surface area contributed by atoms with Crippen LogP contribution in [0.15, 0.2) is 29.3 Å². The molecule has 1 aromatic carbocycles. The topological polar surface area (TPSA) is 29.4 Å². The molecule has 0 saturated carbocycles. The Morgan fingerprint density at radius 3 is 2.58 bits per heavy atom. The quantitative estimate of drug-likeness (QED) is 0.495. The molecule has 0 bridgehead atoms. The van der Waals surface area contributed by atoms with E-state index in [4.69, 9.17) is 0 Å². The molecule has 0 aliphatic carbocycles. The third-order valence-corrected chi connectivity index (χ3v) is 1.49. The van der Waals surface area contributed by atoms with Crippen LogP contribution in [-0.2, 0) is 11.2 Å². The van der Waals surface area contributed by atoms with Crippen molar-refractivity contribution in [1.82, 2.24) is 0 Å². The van der Waals surface area contributed by atoms with Crippen molar-refractivity contribution in [1.29, 1.82) is 0 Å². The Morgan fingerprint density at radius 2 is 2.00 bits per heavy atom. The summed E-state index contributed by atoms with van der Waals surface area (Å²) in [5.41, 5.74) is 0.968. The molecule has 0 fully saturated rings. The molecule has 3 heteroatoms. The molecular weight excluding hydrogens is 157 g/mol. The molecule has 0 saturated heterocycles. The van der Waals surface area contributed by atoms with Crippen molar-refractivity contribution < 1.29 is 9.18 Å². The third-order valence-electron chi connectivity index (χ3n) is 1.49. The summed E-state index contributed by atoms with van der Waals surface area (Å²) in [5.74, 6) is -0.252. The maximum absolute atomic E-state index is 12.4. The molecule has 0 aliphatic rings. The Morgan fingerprint density at radius 1 is 1.33 bits per heavy atom. The lowest BCUT2D eigenvalue weighted by Crippen LogP contribution is -1.88. The van der Waals surface area contributed by atoms with E-state index in [1.165, 1.54) is 18.2 Å². The van der Waals surface area contributed by atoms with E-state index < -0.39 is 0 Å². The van der Waals surface area contributed by atoms with Crippen LogP contribution in [-0.4, -0.2) is 12.6 Å². The number of nitrogens with zero attached hydrogens (tertiary/aromatic N) is 1. The summed E-state index contributed by atoms with van der Waals surface area (Å²) in [6.45, 7) is 0.412. The van der Waals surface area contributed by atoms with Crippen LogP contribution in [0.1, 0.15) is 5.56 Å². The summed E-state index contributed by atoms with van der Waals surface area (Å²) in [6, 6.07) is 6.13. The van der Waals surface area contributed by atoms with Crippen LogP contribution in [0.2, 0.25) is 0 Å². The number of benzene rings is 1. The van der Waals surface area contributed by atoms with E-state index >= 15 is 0 Å². The molecule has 0 unspecified atom stereocenters. The summed E-state index contributed by atoms with van der Waals surface area (Å²) in [4.78, 5) is 13.1. The average Bonchev–Trinajstić information content (AvgIpc) is 2.09. The van der Waals surface area contributed by atoms with Gasteiger partial charge < -0.3 is 0 Å². The van der Waals surface area contributed by atoms with Gasteiger partial charge in [0.05, 0.1) is 6.54 Å². The van der Waals surface area contributed by atoms with Crippen molar-refractivity contribution in [2.45, 2.75) is 6.42 Å². The van der Waals surface area contributed by atoms with Gasteiger partial charge >= 0.3 is 0 Å². The number of hydrogen-bond acceptors (Lipinski definition) is 2. The van der Waals surface area contributed by atoms with Gasteiger partial charge in [-0.05, 0) is 24.1 Å². The fraction of sp³-hybridized carbons (Fsp3) is 0.222. The van der Waals surface area contributed by atoms with Crippen LogP contribution < -0.4 is 0 Å². The monoisotopic (exact) mass is 165 g/mol. The Bertz CT molecular complexity index is 288. The lowest BCUT2D eigenvalue weighted by atomic mass is 10.1. The number of hydrogen-bond donors (Lipinski definition) is 0. The molecule has 0 N–H and O–H groups in total. The Balaban J connectivity index is 2.53. The zero-order valence-corrected chi connectivity index (χ0v) is 6.46. The second kappa shape index (κ2) is 4.42. The van der Waals surface area contributed by atoms with Gasteiger partial charge in [-0.2, -0.15) is 0 Å². The zero-order chi connectivity index (χ0) is 8.81. The van der Waals surface area contributed by atoms with E-state index in [9.17, 15) is 9.18 Å². The van der Waals surface area contributed by atoms with Crippen molar-refractivity contribution >= 4 is 6.08 Å². The van der Waals surface area contributed by atoms with Gasteiger partial charge in [-0.3, -0.25) is 0 Å². The minimum atomic E-state index is -0.252. The molecule has 0 amide bonds. The van der Waals surface area contributed by atoms with E-state index in [1.54, 1.807) is 12.1 Å². The second-order valence-electron chi connectivity index (χ2n) is 2.35. The van der Waals surface area contributed by atoms with Gasteiger partial charge in [0.15, 0.2) is 0 Å². The third kappa shape index (κ3) is 2.64. The molecule has 0 heterocycles. The highest BCUT2D eigenvalue weighted by molar-refractivity contribution is 5.33. The molecular formula is C9H8FNO. The lowest BCUT2D eigenvalue weighted by molar-refractivity contribution is 0.563. The molecule has 12 heavy (non-hydrogen) atoms. The first-order chi connectivity index (χ1) is 5.83. The van der Waals surface area contributed by atoms with Crippen LogP contribution in [0.4, 0.5) is 4.39 Å². The zero-order valence-electron chi connectivity index (χ0n) is 6.46. The van der Waals surface area contributed by atoms with Crippen LogP contribution >= 0.6 is 0 Å². The van der Waals surface area contributed by atoms with Crippen molar-refractivity contribution in [2.24, 2.45) is 4.99 Å². The molecule has 62 valence electrons. The SMILES string of the molecule is O=C=NCCc1ccc(F)cc1. The maximum Gasteiger partial charge on any atom is 0.234 e. The van der Waals surface area contributed by atoms with Gasteiger partial charge in [-0.15, -0.1) is 0 Å².